The number of hydrogen-bond acceptors (Lipinski definition) is 3. The molecule has 0 radical (unpaired) electrons. The van der Waals surface area contributed by atoms with Gasteiger partial charge in [-0.05, 0) is 42.8 Å². The number of primary amides is 1. The molecule has 144 valence electrons. The van der Waals surface area contributed by atoms with Gasteiger partial charge in [0.15, 0.2) is 0 Å². The zero-order valence-corrected chi connectivity index (χ0v) is 15.7. The third-order valence-corrected chi connectivity index (χ3v) is 4.79. The summed E-state index contributed by atoms with van der Waals surface area (Å²) in [7, 11) is 0. The van der Waals surface area contributed by atoms with E-state index in [-0.39, 0.29) is 22.9 Å². The topological polar surface area (TPSA) is 94.2 Å². The number of rotatable bonds is 5. The molecule has 0 bridgehead atoms. The van der Waals surface area contributed by atoms with Crippen LogP contribution in [0.1, 0.15) is 18.5 Å². The number of amides is 2. The Labute approximate surface area is 164 Å². The van der Waals surface area contributed by atoms with Crippen molar-refractivity contribution in [2.24, 2.45) is 5.73 Å². The molecule has 0 unspecified atom stereocenters. The minimum atomic E-state index is -0.796. The lowest BCUT2D eigenvalue weighted by Crippen LogP contribution is -2.31. The number of halogens is 2. The van der Waals surface area contributed by atoms with E-state index in [0.29, 0.717) is 22.0 Å². The number of carbonyl (C=O) groups is 2. The summed E-state index contributed by atoms with van der Waals surface area (Å²) >= 11 is 5.96. The van der Waals surface area contributed by atoms with E-state index in [1.807, 2.05) is 0 Å². The molecule has 8 heteroatoms. The summed E-state index contributed by atoms with van der Waals surface area (Å²) in [5.41, 5.74) is 5.82. The van der Waals surface area contributed by atoms with Crippen molar-refractivity contribution in [3.05, 3.63) is 75.4 Å². The standard InChI is InChI=1S/C20H17ClFN3O3/c1-11(19(23)27)25-8-7-14-15(20(25)28)3-2-4-17(14)24-18(26)9-12-5-6-13(22)10-16(12)21/h2-8,10-11H,9H2,1H3,(H2,23,27)(H,24,26)/t11-/m1/s1. The SMILES string of the molecule is C[C@H](C(N)=O)n1ccc2c(NC(=O)Cc3ccc(F)cc3Cl)cccc2c1=O. The normalized spacial score (nSPS) is 12.0. The van der Waals surface area contributed by atoms with Gasteiger partial charge in [-0.2, -0.15) is 0 Å². The van der Waals surface area contributed by atoms with Crippen LogP contribution < -0.4 is 16.6 Å². The molecule has 0 saturated carbocycles. The average molecular weight is 402 g/mol. The second-order valence-corrected chi connectivity index (χ2v) is 6.74. The molecule has 28 heavy (non-hydrogen) atoms. The van der Waals surface area contributed by atoms with Crippen LogP contribution in [0.3, 0.4) is 0 Å². The van der Waals surface area contributed by atoms with Crippen molar-refractivity contribution in [3.8, 4) is 0 Å². The summed E-state index contributed by atoms with van der Waals surface area (Å²) in [5, 5.41) is 3.77. The van der Waals surface area contributed by atoms with Crippen LogP contribution in [0, 0.1) is 5.82 Å². The predicted octanol–water partition coefficient (Wildman–Crippen LogP) is 3.02. The lowest BCUT2D eigenvalue weighted by atomic mass is 10.1. The molecule has 2 amide bonds. The largest absolute Gasteiger partial charge is 0.368 e. The van der Waals surface area contributed by atoms with Crippen LogP contribution in [0.15, 0.2) is 53.5 Å². The lowest BCUT2D eigenvalue weighted by Gasteiger charge is -2.14. The summed E-state index contributed by atoms with van der Waals surface area (Å²) in [4.78, 5) is 36.5. The molecule has 2 aromatic carbocycles. The highest BCUT2D eigenvalue weighted by Crippen LogP contribution is 2.23. The fraction of sp³-hybridized carbons (Fsp3) is 0.150. The first-order chi connectivity index (χ1) is 13.3. The van der Waals surface area contributed by atoms with Crippen molar-refractivity contribution in [3.63, 3.8) is 0 Å². The van der Waals surface area contributed by atoms with Crippen LogP contribution in [-0.4, -0.2) is 16.4 Å². The Morgan fingerprint density at radius 1 is 1.21 bits per heavy atom. The molecule has 0 aliphatic heterocycles. The molecular weight excluding hydrogens is 385 g/mol. The Morgan fingerprint density at radius 3 is 2.64 bits per heavy atom. The van der Waals surface area contributed by atoms with Gasteiger partial charge in [-0.1, -0.05) is 23.7 Å². The highest BCUT2D eigenvalue weighted by molar-refractivity contribution is 6.31. The van der Waals surface area contributed by atoms with Crippen LogP contribution in [0.25, 0.3) is 10.8 Å². The monoisotopic (exact) mass is 401 g/mol. The van der Waals surface area contributed by atoms with Crippen LogP contribution in [0.5, 0.6) is 0 Å². The molecule has 1 aromatic heterocycles. The fourth-order valence-corrected chi connectivity index (χ4v) is 3.11. The Kier molecular flexibility index (Phi) is 5.46. The number of nitrogens with zero attached hydrogens (tertiary/aromatic N) is 1. The first-order valence-corrected chi connectivity index (χ1v) is 8.82. The van der Waals surface area contributed by atoms with Gasteiger partial charge in [0.1, 0.15) is 11.9 Å². The van der Waals surface area contributed by atoms with Crippen LogP contribution in [0.4, 0.5) is 10.1 Å². The first-order valence-electron chi connectivity index (χ1n) is 8.45. The van der Waals surface area contributed by atoms with Gasteiger partial charge < -0.3 is 15.6 Å². The smallest absolute Gasteiger partial charge is 0.259 e. The van der Waals surface area contributed by atoms with Crippen molar-refractivity contribution in [1.82, 2.24) is 4.57 Å². The molecule has 3 N–H and O–H groups in total. The van der Waals surface area contributed by atoms with Gasteiger partial charge in [0.05, 0.1) is 6.42 Å². The van der Waals surface area contributed by atoms with E-state index in [0.717, 1.165) is 6.07 Å². The summed E-state index contributed by atoms with van der Waals surface area (Å²) < 4.78 is 14.4. The van der Waals surface area contributed by atoms with E-state index >= 15 is 0 Å². The third-order valence-electron chi connectivity index (χ3n) is 4.44. The summed E-state index contributed by atoms with van der Waals surface area (Å²) in [6.07, 6.45) is 1.41. The Bertz CT molecular complexity index is 1140. The maximum atomic E-state index is 13.1. The molecule has 0 saturated heterocycles. The zero-order valence-electron chi connectivity index (χ0n) is 14.9. The number of benzene rings is 2. The number of nitrogens with one attached hydrogen (secondary N) is 1. The zero-order chi connectivity index (χ0) is 20.4. The van der Waals surface area contributed by atoms with Crippen molar-refractivity contribution < 1.29 is 14.0 Å². The quantitative estimate of drug-likeness (QED) is 0.688. The van der Waals surface area contributed by atoms with Gasteiger partial charge >= 0.3 is 0 Å². The molecule has 1 atom stereocenters. The Balaban J connectivity index is 1.91. The summed E-state index contributed by atoms with van der Waals surface area (Å²) in [6, 6.07) is 9.56. The number of hydrogen-bond donors (Lipinski definition) is 2. The van der Waals surface area contributed by atoms with Crippen molar-refractivity contribution in [2.45, 2.75) is 19.4 Å². The van der Waals surface area contributed by atoms with Crippen LogP contribution in [-0.2, 0) is 16.0 Å². The van der Waals surface area contributed by atoms with Crippen molar-refractivity contribution in [1.29, 1.82) is 0 Å². The highest BCUT2D eigenvalue weighted by Gasteiger charge is 2.16. The first kappa shape index (κ1) is 19.6. The summed E-state index contributed by atoms with van der Waals surface area (Å²) in [5.74, 6) is -1.47. The Hall–Kier alpha value is -3.19. The van der Waals surface area contributed by atoms with E-state index in [2.05, 4.69) is 5.32 Å². The number of aromatic nitrogens is 1. The molecule has 3 aromatic rings. The van der Waals surface area contributed by atoms with Gasteiger partial charge in [-0.3, -0.25) is 14.4 Å². The van der Waals surface area contributed by atoms with Gasteiger partial charge in [0.2, 0.25) is 11.8 Å². The number of carbonyl (C=O) groups excluding carboxylic acids is 2. The van der Waals surface area contributed by atoms with E-state index in [1.165, 1.54) is 29.8 Å². The third kappa shape index (κ3) is 3.89. The maximum absolute atomic E-state index is 13.1. The fourth-order valence-electron chi connectivity index (χ4n) is 2.88. The van der Waals surface area contributed by atoms with Crippen molar-refractivity contribution in [2.75, 3.05) is 5.32 Å². The second-order valence-electron chi connectivity index (χ2n) is 6.33. The van der Waals surface area contributed by atoms with E-state index < -0.39 is 17.8 Å². The van der Waals surface area contributed by atoms with Gasteiger partial charge in [-0.25, -0.2) is 4.39 Å². The number of pyridine rings is 1. The molecule has 0 aliphatic carbocycles. The second kappa shape index (κ2) is 7.82. The van der Waals surface area contributed by atoms with Crippen LogP contribution >= 0.6 is 11.6 Å². The molecule has 0 aliphatic rings. The molecule has 3 rings (SSSR count). The highest BCUT2D eigenvalue weighted by atomic mass is 35.5. The van der Waals surface area contributed by atoms with E-state index in [4.69, 9.17) is 17.3 Å². The predicted molar refractivity (Wildman–Crippen MR) is 106 cm³/mol. The van der Waals surface area contributed by atoms with Crippen LogP contribution in [0.2, 0.25) is 5.02 Å². The molecule has 6 nitrogen and oxygen atoms in total. The van der Waals surface area contributed by atoms with Gasteiger partial charge in [0, 0.05) is 27.7 Å². The number of nitrogens with two attached hydrogens (primary N) is 1. The molecule has 0 spiro atoms. The average Bonchev–Trinajstić information content (AvgIpc) is 2.64. The maximum Gasteiger partial charge on any atom is 0.259 e. The van der Waals surface area contributed by atoms with Gasteiger partial charge in [0.25, 0.3) is 5.56 Å². The van der Waals surface area contributed by atoms with E-state index in [1.54, 1.807) is 24.3 Å². The molecular formula is C20H17ClFN3O3. The van der Waals surface area contributed by atoms with E-state index in [9.17, 15) is 18.8 Å². The lowest BCUT2D eigenvalue weighted by molar-refractivity contribution is -0.120. The number of anilines is 1. The minimum Gasteiger partial charge on any atom is -0.368 e. The van der Waals surface area contributed by atoms with Crippen molar-refractivity contribution >= 4 is 39.9 Å². The summed E-state index contributed by atoms with van der Waals surface area (Å²) in [6.45, 7) is 1.54. The molecule has 1 heterocycles. The van der Waals surface area contributed by atoms with Gasteiger partial charge in [-0.15, -0.1) is 0 Å². The minimum absolute atomic E-state index is 0.0503. The molecule has 0 fully saturated rings. The number of fused-ring (bicyclic) bond motifs is 1. The Morgan fingerprint density at radius 2 is 1.96 bits per heavy atom.